The maximum atomic E-state index is 10.8. The van der Waals surface area contributed by atoms with E-state index in [0.717, 1.165) is 45.0 Å². The first-order chi connectivity index (χ1) is 10.2. The topological polar surface area (TPSA) is 68.1 Å². The zero-order valence-electron chi connectivity index (χ0n) is 12.4. The van der Waals surface area contributed by atoms with E-state index in [1.807, 2.05) is 0 Å². The molecule has 0 atom stereocenters. The Bertz CT molecular complexity index is 487. The fraction of sp³-hybridized carbons (Fsp3) is 0.571. The van der Waals surface area contributed by atoms with E-state index in [0.29, 0.717) is 5.75 Å². The van der Waals surface area contributed by atoms with Crippen LogP contribution in [0.15, 0.2) is 18.2 Å². The van der Waals surface area contributed by atoms with Crippen molar-refractivity contribution in [1.82, 2.24) is 4.90 Å². The fourth-order valence-electron chi connectivity index (χ4n) is 2.47. The van der Waals surface area contributed by atoms with E-state index in [2.05, 4.69) is 9.80 Å². The largest absolute Gasteiger partial charge is 0.494 e. The molecular weight excluding hydrogens is 274 g/mol. The average molecular weight is 295 g/mol. The lowest BCUT2D eigenvalue weighted by molar-refractivity contribution is -0.384. The molecule has 0 saturated carbocycles. The van der Waals surface area contributed by atoms with Crippen LogP contribution in [0.1, 0.15) is 0 Å². The second-order valence-electron chi connectivity index (χ2n) is 4.93. The number of nitro benzene ring substituents is 1. The maximum absolute atomic E-state index is 10.8. The number of hydrogen-bond donors (Lipinski definition) is 0. The molecule has 1 aromatic rings. The van der Waals surface area contributed by atoms with Crippen molar-refractivity contribution in [2.45, 2.75) is 0 Å². The number of methoxy groups -OCH3 is 2. The molecular formula is C14H21N3O4. The molecule has 7 nitrogen and oxygen atoms in total. The van der Waals surface area contributed by atoms with Gasteiger partial charge < -0.3 is 14.4 Å². The average Bonchev–Trinajstić information content (AvgIpc) is 2.52. The van der Waals surface area contributed by atoms with Crippen molar-refractivity contribution in [3.63, 3.8) is 0 Å². The molecule has 0 aliphatic carbocycles. The smallest absolute Gasteiger partial charge is 0.273 e. The van der Waals surface area contributed by atoms with Gasteiger partial charge in [0.05, 0.1) is 30.4 Å². The van der Waals surface area contributed by atoms with Crippen LogP contribution in [0.25, 0.3) is 0 Å². The molecule has 1 aromatic carbocycles. The standard InChI is InChI=1S/C14H21N3O4/c1-20-10-9-15-5-7-16(8-6-15)13-4-3-12(17(18)19)11-14(13)21-2/h3-4,11H,5-10H2,1-2H3. The first-order valence-corrected chi connectivity index (χ1v) is 6.94. The minimum Gasteiger partial charge on any atom is -0.494 e. The van der Waals surface area contributed by atoms with Gasteiger partial charge in [-0.15, -0.1) is 0 Å². The monoisotopic (exact) mass is 295 g/mol. The Balaban J connectivity index is 2.04. The lowest BCUT2D eigenvalue weighted by atomic mass is 10.2. The Labute approximate surface area is 124 Å². The molecule has 0 unspecified atom stereocenters. The van der Waals surface area contributed by atoms with Crippen molar-refractivity contribution in [3.8, 4) is 5.75 Å². The Morgan fingerprint density at radius 3 is 2.52 bits per heavy atom. The van der Waals surface area contributed by atoms with Crippen LogP contribution < -0.4 is 9.64 Å². The van der Waals surface area contributed by atoms with E-state index in [9.17, 15) is 10.1 Å². The molecule has 116 valence electrons. The number of nitro groups is 1. The zero-order valence-corrected chi connectivity index (χ0v) is 12.4. The third-order valence-corrected chi connectivity index (χ3v) is 3.70. The summed E-state index contributed by atoms with van der Waals surface area (Å²) in [6.45, 7) is 5.31. The summed E-state index contributed by atoms with van der Waals surface area (Å²) in [6.07, 6.45) is 0. The summed E-state index contributed by atoms with van der Waals surface area (Å²) in [5.74, 6) is 0.551. The van der Waals surface area contributed by atoms with Crippen LogP contribution in [-0.4, -0.2) is 63.4 Å². The van der Waals surface area contributed by atoms with Crippen molar-refractivity contribution < 1.29 is 14.4 Å². The van der Waals surface area contributed by atoms with Gasteiger partial charge in [-0.2, -0.15) is 0 Å². The van der Waals surface area contributed by atoms with Crippen LogP contribution in [-0.2, 0) is 4.74 Å². The number of non-ortho nitro benzene ring substituents is 1. The number of nitrogens with zero attached hydrogens (tertiary/aromatic N) is 3. The van der Waals surface area contributed by atoms with Gasteiger partial charge in [0.1, 0.15) is 5.75 Å². The van der Waals surface area contributed by atoms with Crippen molar-refractivity contribution in [2.75, 3.05) is 58.5 Å². The molecule has 0 N–H and O–H groups in total. The number of piperazine rings is 1. The van der Waals surface area contributed by atoms with Gasteiger partial charge in [0, 0.05) is 45.9 Å². The quantitative estimate of drug-likeness (QED) is 0.583. The first kappa shape index (κ1) is 15.5. The van der Waals surface area contributed by atoms with E-state index in [-0.39, 0.29) is 5.69 Å². The van der Waals surface area contributed by atoms with Gasteiger partial charge in [0.15, 0.2) is 0 Å². The van der Waals surface area contributed by atoms with Crippen LogP contribution in [0.3, 0.4) is 0 Å². The molecule has 0 bridgehead atoms. The predicted molar refractivity (Wildman–Crippen MR) is 80.2 cm³/mol. The molecule has 1 aliphatic rings. The molecule has 2 rings (SSSR count). The fourth-order valence-corrected chi connectivity index (χ4v) is 2.47. The van der Waals surface area contributed by atoms with E-state index < -0.39 is 4.92 Å². The molecule has 7 heteroatoms. The minimum atomic E-state index is -0.408. The Morgan fingerprint density at radius 2 is 1.95 bits per heavy atom. The number of hydrogen-bond acceptors (Lipinski definition) is 6. The molecule has 1 aliphatic heterocycles. The lowest BCUT2D eigenvalue weighted by Gasteiger charge is -2.36. The first-order valence-electron chi connectivity index (χ1n) is 6.94. The number of ether oxygens (including phenoxy) is 2. The molecule has 0 amide bonds. The summed E-state index contributed by atoms with van der Waals surface area (Å²) in [5.41, 5.74) is 0.962. The van der Waals surface area contributed by atoms with Crippen LogP contribution in [0.4, 0.5) is 11.4 Å². The Hall–Kier alpha value is -1.86. The highest BCUT2D eigenvalue weighted by atomic mass is 16.6. The summed E-state index contributed by atoms with van der Waals surface area (Å²) >= 11 is 0. The second kappa shape index (κ2) is 7.24. The number of anilines is 1. The van der Waals surface area contributed by atoms with Crippen LogP contribution in [0.2, 0.25) is 0 Å². The summed E-state index contributed by atoms with van der Waals surface area (Å²) in [4.78, 5) is 15.0. The predicted octanol–water partition coefficient (Wildman–Crippen LogP) is 1.37. The number of benzene rings is 1. The summed E-state index contributed by atoms with van der Waals surface area (Å²) in [5, 5.41) is 10.8. The van der Waals surface area contributed by atoms with Crippen molar-refractivity contribution in [1.29, 1.82) is 0 Å². The van der Waals surface area contributed by atoms with Crippen molar-refractivity contribution in [3.05, 3.63) is 28.3 Å². The third-order valence-electron chi connectivity index (χ3n) is 3.70. The van der Waals surface area contributed by atoms with Crippen molar-refractivity contribution in [2.24, 2.45) is 0 Å². The van der Waals surface area contributed by atoms with E-state index in [4.69, 9.17) is 9.47 Å². The van der Waals surface area contributed by atoms with E-state index in [1.165, 1.54) is 19.2 Å². The highest BCUT2D eigenvalue weighted by Crippen LogP contribution is 2.32. The molecule has 0 radical (unpaired) electrons. The highest BCUT2D eigenvalue weighted by molar-refractivity contribution is 5.62. The van der Waals surface area contributed by atoms with Crippen molar-refractivity contribution >= 4 is 11.4 Å². The van der Waals surface area contributed by atoms with Gasteiger partial charge in [-0.1, -0.05) is 0 Å². The van der Waals surface area contributed by atoms with E-state index in [1.54, 1.807) is 13.2 Å². The highest BCUT2D eigenvalue weighted by Gasteiger charge is 2.21. The van der Waals surface area contributed by atoms with Gasteiger partial charge in [0.2, 0.25) is 0 Å². The molecule has 1 heterocycles. The molecule has 21 heavy (non-hydrogen) atoms. The summed E-state index contributed by atoms with van der Waals surface area (Å²) in [7, 11) is 3.25. The maximum Gasteiger partial charge on any atom is 0.273 e. The second-order valence-corrected chi connectivity index (χ2v) is 4.93. The Kier molecular flexibility index (Phi) is 5.35. The molecule has 1 saturated heterocycles. The molecule has 0 spiro atoms. The SMILES string of the molecule is COCCN1CCN(c2ccc([N+](=O)[O-])cc2OC)CC1. The zero-order chi connectivity index (χ0) is 15.2. The van der Waals surface area contributed by atoms with Gasteiger partial charge >= 0.3 is 0 Å². The summed E-state index contributed by atoms with van der Waals surface area (Å²) in [6, 6.07) is 4.77. The molecule has 1 fully saturated rings. The van der Waals surface area contributed by atoms with Gasteiger partial charge in [0.25, 0.3) is 5.69 Å². The van der Waals surface area contributed by atoms with Crippen LogP contribution in [0.5, 0.6) is 5.75 Å². The Morgan fingerprint density at radius 1 is 1.24 bits per heavy atom. The summed E-state index contributed by atoms with van der Waals surface area (Å²) < 4.78 is 10.4. The molecule has 0 aromatic heterocycles. The van der Waals surface area contributed by atoms with Crippen LogP contribution >= 0.6 is 0 Å². The van der Waals surface area contributed by atoms with Crippen LogP contribution in [0, 0.1) is 10.1 Å². The van der Waals surface area contributed by atoms with Gasteiger partial charge in [-0.25, -0.2) is 0 Å². The number of rotatable bonds is 6. The van der Waals surface area contributed by atoms with Gasteiger partial charge in [-0.3, -0.25) is 15.0 Å². The van der Waals surface area contributed by atoms with E-state index >= 15 is 0 Å². The normalized spacial score (nSPS) is 16.0. The van der Waals surface area contributed by atoms with Gasteiger partial charge in [-0.05, 0) is 6.07 Å². The minimum absolute atomic E-state index is 0.0503. The third kappa shape index (κ3) is 3.83. The lowest BCUT2D eigenvalue weighted by Crippen LogP contribution is -2.47.